The molecule has 3 aliphatic rings. The Morgan fingerprint density at radius 3 is 2.71 bits per heavy atom. The lowest BCUT2D eigenvalue weighted by molar-refractivity contribution is -0.140. The fourth-order valence-electron chi connectivity index (χ4n) is 3.65. The number of hydrogen-bond acceptors (Lipinski definition) is 3. The van der Waals surface area contributed by atoms with Crippen molar-refractivity contribution in [2.75, 3.05) is 45.3 Å². The van der Waals surface area contributed by atoms with Crippen LogP contribution in [0.3, 0.4) is 0 Å². The predicted octanol–water partition coefficient (Wildman–Crippen LogP) is 1.81. The molecule has 1 aromatic rings. The summed E-state index contributed by atoms with van der Waals surface area (Å²) in [5.41, 5.74) is 0.863. The maximum absolute atomic E-state index is 12.9. The van der Waals surface area contributed by atoms with E-state index in [1.165, 1.54) is 0 Å². The van der Waals surface area contributed by atoms with Gasteiger partial charge in [-0.2, -0.15) is 0 Å². The summed E-state index contributed by atoms with van der Waals surface area (Å²) in [6.45, 7) is 2.25. The summed E-state index contributed by atoms with van der Waals surface area (Å²) < 4.78 is 5.13. The number of benzene rings is 1. The van der Waals surface area contributed by atoms with Crippen molar-refractivity contribution in [3.05, 3.63) is 30.3 Å². The van der Waals surface area contributed by atoms with E-state index in [1.807, 2.05) is 40.1 Å². The third-order valence-electron chi connectivity index (χ3n) is 5.03. The molecule has 6 heteroatoms. The van der Waals surface area contributed by atoms with Gasteiger partial charge in [0.25, 0.3) is 0 Å². The Hall–Kier alpha value is -2.08. The number of amides is 3. The topological polar surface area (TPSA) is 53.1 Å². The zero-order valence-electron chi connectivity index (χ0n) is 14.4. The second kappa shape index (κ2) is 7.21. The van der Waals surface area contributed by atoms with Crippen molar-refractivity contribution in [3.8, 4) is 0 Å². The molecule has 6 nitrogen and oxygen atoms in total. The van der Waals surface area contributed by atoms with E-state index in [-0.39, 0.29) is 23.9 Å². The first kappa shape index (κ1) is 16.8. The van der Waals surface area contributed by atoms with E-state index in [1.54, 1.807) is 19.1 Å². The van der Waals surface area contributed by atoms with Gasteiger partial charge in [-0.25, -0.2) is 4.79 Å². The summed E-state index contributed by atoms with van der Waals surface area (Å²) in [6.07, 6.45) is 1.82. The molecule has 0 unspecified atom stereocenters. The van der Waals surface area contributed by atoms with Gasteiger partial charge in [0, 0.05) is 45.5 Å². The van der Waals surface area contributed by atoms with E-state index in [2.05, 4.69) is 0 Å². The van der Waals surface area contributed by atoms with Crippen molar-refractivity contribution in [3.63, 3.8) is 0 Å². The monoisotopic (exact) mass is 331 g/mol. The van der Waals surface area contributed by atoms with Gasteiger partial charge >= 0.3 is 6.03 Å². The minimum atomic E-state index is -0.0891. The number of methoxy groups -OCH3 is 1. The smallest absolute Gasteiger partial charge is 0.324 e. The van der Waals surface area contributed by atoms with Gasteiger partial charge < -0.3 is 14.5 Å². The third-order valence-corrected chi connectivity index (χ3v) is 5.03. The maximum Gasteiger partial charge on any atom is 0.324 e. The van der Waals surface area contributed by atoms with Crippen LogP contribution in [0.1, 0.15) is 12.8 Å². The molecule has 0 aliphatic carbocycles. The SMILES string of the molecule is COCCN1C(=O)[C@H]2CC[C@@H]1CN(C(=O)N(C)c1ccccc1)C2. The number of urea groups is 1. The van der Waals surface area contributed by atoms with Crippen molar-refractivity contribution in [2.24, 2.45) is 5.92 Å². The Balaban J connectivity index is 1.74. The summed E-state index contributed by atoms with van der Waals surface area (Å²) in [6, 6.07) is 9.66. The Morgan fingerprint density at radius 2 is 2.00 bits per heavy atom. The predicted molar refractivity (Wildman–Crippen MR) is 91.9 cm³/mol. The molecule has 0 aromatic heterocycles. The number of ether oxygens (including phenoxy) is 1. The van der Waals surface area contributed by atoms with Gasteiger partial charge in [0.1, 0.15) is 0 Å². The van der Waals surface area contributed by atoms with Crippen LogP contribution in [0.2, 0.25) is 0 Å². The van der Waals surface area contributed by atoms with E-state index in [0.29, 0.717) is 26.2 Å². The standard InChI is InChI=1S/C18H25N3O3/c1-19(15-6-4-3-5-7-15)18(23)20-12-14-8-9-16(13-20)21(17(14)22)10-11-24-2/h3-7,14,16H,8-13H2,1-2H3/t14-,16+/m0/s1. The zero-order chi connectivity index (χ0) is 17.1. The van der Waals surface area contributed by atoms with Gasteiger partial charge in [-0.15, -0.1) is 0 Å². The highest BCUT2D eigenvalue weighted by Gasteiger charge is 2.42. The third kappa shape index (κ3) is 3.24. The first-order valence-electron chi connectivity index (χ1n) is 8.49. The molecule has 2 bridgehead atoms. The number of para-hydroxylation sites is 1. The van der Waals surface area contributed by atoms with E-state index >= 15 is 0 Å². The number of hydrogen-bond donors (Lipinski definition) is 0. The molecule has 4 rings (SSSR count). The van der Waals surface area contributed by atoms with Crippen LogP contribution in [-0.4, -0.2) is 68.2 Å². The van der Waals surface area contributed by atoms with E-state index in [0.717, 1.165) is 18.5 Å². The summed E-state index contributed by atoms with van der Waals surface area (Å²) in [7, 11) is 3.43. The Morgan fingerprint density at radius 1 is 1.25 bits per heavy atom. The first-order chi connectivity index (χ1) is 11.6. The van der Waals surface area contributed by atoms with Gasteiger partial charge in [0.2, 0.25) is 5.91 Å². The number of carbonyl (C=O) groups is 2. The molecule has 24 heavy (non-hydrogen) atoms. The second-order valence-corrected chi connectivity index (χ2v) is 6.53. The summed E-state index contributed by atoms with van der Waals surface area (Å²) in [5, 5.41) is 0. The molecule has 2 atom stereocenters. The fourth-order valence-corrected chi connectivity index (χ4v) is 3.65. The van der Waals surface area contributed by atoms with Crippen LogP contribution in [0.25, 0.3) is 0 Å². The van der Waals surface area contributed by atoms with Crippen LogP contribution in [0.4, 0.5) is 10.5 Å². The van der Waals surface area contributed by atoms with Crippen molar-refractivity contribution in [1.82, 2.24) is 9.80 Å². The summed E-state index contributed by atoms with van der Waals surface area (Å²) >= 11 is 0. The Bertz CT molecular complexity index is 592. The molecule has 130 valence electrons. The second-order valence-electron chi connectivity index (χ2n) is 6.53. The quantitative estimate of drug-likeness (QED) is 0.845. The highest BCUT2D eigenvalue weighted by atomic mass is 16.5. The molecule has 0 saturated carbocycles. The van der Waals surface area contributed by atoms with E-state index < -0.39 is 0 Å². The van der Waals surface area contributed by atoms with Crippen molar-refractivity contribution >= 4 is 17.6 Å². The minimum Gasteiger partial charge on any atom is -0.383 e. The summed E-state index contributed by atoms with van der Waals surface area (Å²) in [4.78, 5) is 30.9. The molecule has 3 aliphatic heterocycles. The van der Waals surface area contributed by atoms with Crippen molar-refractivity contribution in [2.45, 2.75) is 18.9 Å². The highest BCUT2D eigenvalue weighted by Crippen LogP contribution is 2.29. The molecular weight excluding hydrogens is 306 g/mol. The average molecular weight is 331 g/mol. The average Bonchev–Trinajstić information content (AvgIpc) is 2.91. The molecule has 0 spiro atoms. The number of piperidine rings is 1. The van der Waals surface area contributed by atoms with E-state index in [9.17, 15) is 9.59 Å². The van der Waals surface area contributed by atoms with Gasteiger partial charge in [0.15, 0.2) is 0 Å². The first-order valence-corrected chi connectivity index (χ1v) is 8.49. The van der Waals surface area contributed by atoms with Crippen LogP contribution in [0, 0.1) is 5.92 Å². The van der Waals surface area contributed by atoms with Gasteiger partial charge in [-0.05, 0) is 25.0 Å². The molecule has 1 aromatic carbocycles. The van der Waals surface area contributed by atoms with Crippen LogP contribution in [0.5, 0.6) is 0 Å². The Kier molecular flexibility index (Phi) is 5.04. The lowest BCUT2D eigenvalue weighted by Crippen LogP contribution is -2.49. The van der Waals surface area contributed by atoms with Crippen LogP contribution < -0.4 is 4.90 Å². The zero-order valence-corrected chi connectivity index (χ0v) is 14.4. The summed E-state index contributed by atoms with van der Waals surface area (Å²) in [5.74, 6) is 0.0784. The van der Waals surface area contributed by atoms with Crippen LogP contribution >= 0.6 is 0 Å². The molecular formula is C18H25N3O3. The largest absolute Gasteiger partial charge is 0.383 e. The van der Waals surface area contributed by atoms with E-state index in [4.69, 9.17) is 4.74 Å². The molecule has 3 fully saturated rings. The number of anilines is 1. The molecule has 0 radical (unpaired) electrons. The Labute approximate surface area is 143 Å². The van der Waals surface area contributed by atoms with Gasteiger partial charge in [0.05, 0.1) is 12.5 Å². The molecule has 3 saturated heterocycles. The number of nitrogens with zero attached hydrogens (tertiary/aromatic N) is 3. The normalized spacial score (nSPS) is 23.3. The number of fused-ring (bicyclic) bond motifs is 4. The molecule has 3 heterocycles. The highest BCUT2D eigenvalue weighted by molar-refractivity contribution is 5.92. The molecule has 3 amide bonds. The van der Waals surface area contributed by atoms with Crippen LogP contribution in [0.15, 0.2) is 30.3 Å². The fraction of sp³-hybridized carbons (Fsp3) is 0.556. The number of carbonyl (C=O) groups excluding carboxylic acids is 2. The number of rotatable bonds is 4. The molecule has 0 N–H and O–H groups in total. The van der Waals surface area contributed by atoms with Crippen LogP contribution in [-0.2, 0) is 9.53 Å². The lowest BCUT2D eigenvalue weighted by Gasteiger charge is -2.35. The van der Waals surface area contributed by atoms with Crippen molar-refractivity contribution < 1.29 is 14.3 Å². The minimum absolute atomic E-state index is 0.0421. The maximum atomic E-state index is 12.9. The van der Waals surface area contributed by atoms with Gasteiger partial charge in [-0.1, -0.05) is 18.2 Å². The van der Waals surface area contributed by atoms with Gasteiger partial charge in [-0.3, -0.25) is 9.69 Å². The lowest BCUT2D eigenvalue weighted by atomic mass is 9.94. The van der Waals surface area contributed by atoms with Crippen molar-refractivity contribution in [1.29, 1.82) is 0 Å².